The van der Waals surface area contributed by atoms with Crippen LogP contribution in [-0.4, -0.2) is 60.3 Å². The van der Waals surface area contributed by atoms with Gasteiger partial charge in [0.1, 0.15) is 21.7 Å². The molecule has 0 spiro atoms. The third-order valence-corrected chi connectivity index (χ3v) is 5.94. The molecule has 5 rings (SSSR count). The molecule has 1 aliphatic rings. The molecule has 0 unspecified atom stereocenters. The monoisotopic (exact) mass is 450 g/mol. The second-order valence-electron chi connectivity index (χ2n) is 7.28. The van der Waals surface area contributed by atoms with Gasteiger partial charge in [0.25, 0.3) is 0 Å². The van der Waals surface area contributed by atoms with Gasteiger partial charge in [-0.1, -0.05) is 5.21 Å². The lowest BCUT2D eigenvalue weighted by molar-refractivity contribution is -0.142. The third kappa shape index (κ3) is 3.43. The number of aryl methyl sites for hydroxylation is 1. The van der Waals surface area contributed by atoms with Crippen molar-refractivity contribution < 1.29 is 17.9 Å². The average molecular weight is 450 g/mol. The van der Waals surface area contributed by atoms with Gasteiger partial charge in [-0.2, -0.15) is 22.6 Å². The number of rotatable bonds is 3. The number of pyridine rings is 1. The maximum atomic E-state index is 13.6. The minimum absolute atomic E-state index is 0.00817. The van der Waals surface area contributed by atoms with Crippen LogP contribution in [0.25, 0.3) is 27.3 Å². The fraction of sp³-hybridized carbons (Fsp3) is 0.389. The highest BCUT2D eigenvalue weighted by molar-refractivity contribution is 7.14. The Morgan fingerprint density at radius 2 is 2.13 bits per heavy atom. The summed E-state index contributed by atoms with van der Waals surface area (Å²) in [6, 6.07) is 3.43. The van der Waals surface area contributed by atoms with Crippen LogP contribution in [0.5, 0.6) is 0 Å². The molecular formula is C18H17F3N8OS. The van der Waals surface area contributed by atoms with E-state index in [0.717, 1.165) is 21.9 Å². The molecule has 5 heterocycles. The number of hydrogen-bond acceptors (Lipinski definition) is 8. The number of alkyl halides is 3. The second kappa shape index (κ2) is 7.27. The second-order valence-corrected chi connectivity index (χ2v) is 8.05. The van der Waals surface area contributed by atoms with E-state index in [9.17, 15) is 13.2 Å². The Morgan fingerprint density at radius 1 is 1.29 bits per heavy atom. The number of morpholine rings is 1. The number of anilines is 1. The minimum Gasteiger partial charge on any atom is -0.377 e. The van der Waals surface area contributed by atoms with Gasteiger partial charge in [0, 0.05) is 12.6 Å². The van der Waals surface area contributed by atoms with Crippen LogP contribution in [0.2, 0.25) is 0 Å². The number of aromatic amines is 1. The van der Waals surface area contributed by atoms with Crippen molar-refractivity contribution in [2.75, 3.05) is 24.7 Å². The van der Waals surface area contributed by atoms with Crippen molar-refractivity contribution in [3.8, 4) is 17.1 Å². The maximum absolute atomic E-state index is 13.6. The summed E-state index contributed by atoms with van der Waals surface area (Å²) in [6.07, 6.45) is -3.90. The molecule has 0 saturated carbocycles. The third-order valence-electron chi connectivity index (χ3n) is 5.08. The van der Waals surface area contributed by atoms with Crippen molar-refractivity contribution >= 4 is 27.6 Å². The summed E-state index contributed by atoms with van der Waals surface area (Å²) in [7, 11) is 0. The fourth-order valence-electron chi connectivity index (χ4n) is 3.59. The average Bonchev–Trinajstić information content (AvgIpc) is 3.46. The van der Waals surface area contributed by atoms with Gasteiger partial charge in [-0.3, -0.25) is 5.10 Å². The van der Waals surface area contributed by atoms with Gasteiger partial charge >= 0.3 is 6.18 Å². The van der Waals surface area contributed by atoms with Crippen molar-refractivity contribution in [2.45, 2.75) is 26.1 Å². The summed E-state index contributed by atoms with van der Waals surface area (Å²) < 4.78 is 52.0. The first-order chi connectivity index (χ1) is 14.8. The van der Waals surface area contributed by atoms with Gasteiger partial charge in [0.15, 0.2) is 5.69 Å². The Balaban J connectivity index is 1.76. The van der Waals surface area contributed by atoms with Crippen LogP contribution in [0, 0.1) is 6.92 Å². The summed E-state index contributed by atoms with van der Waals surface area (Å²) in [4.78, 5) is 6.80. The van der Waals surface area contributed by atoms with E-state index >= 15 is 0 Å². The lowest BCUT2D eigenvalue weighted by atomic mass is 10.2. The Kier molecular flexibility index (Phi) is 4.66. The van der Waals surface area contributed by atoms with Crippen molar-refractivity contribution in [1.29, 1.82) is 0 Å². The Hall–Kier alpha value is -3.06. The van der Waals surface area contributed by atoms with Gasteiger partial charge in [0.05, 0.1) is 42.5 Å². The molecule has 1 atom stereocenters. The van der Waals surface area contributed by atoms with Crippen LogP contribution in [-0.2, 0) is 10.9 Å². The van der Waals surface area contributed by atoms with E-state index in [1.165, 1.54) is 0 Å². The molecule has 1 fully saturated rings. The first-order valence-corrected chi connectivity index (χ1v) is 10.3. The first-order valence-electron chi connectivity index (χ1n) is 9.48. The zero-order valence-electron chi connectivity index (χ0n) is 16.5. The number of aromatic nitrogens is 7. The highest BCUT2D eigenvalue weighted by Gasteiger charge is 2.37. The molecule has 0 aromatic carbocycles. The summed E-state index contributed by atoms with van der Waals surface area (Å²) in [6.45, 7) is 5.38. The van der Waals surface area contributed by atoms with Crippen molar-refractivity contribution in [3.05, 3.63) is 29.7 Å². The molecule has 0 bridgehead atoms. The highest BCUT2D eigenvalue weighted by atomic mass is 32.1. The Bertz CT molecular complexity index is 1250. The smallest absolute Gasteiger partial charge is 0.377 e. The molecule has 9 nitrogen and oxygen atoms in total. The molecule has 13 heteroatoms. The van der Waals surface area contributed by atoms with Crippen LogP contribution in [0.15, 0.2) is 18.3 Å². The van der Waals surface area contributed by atoms with Crippen molar-refractivity contribution in [3.63, 3.8) is 0 Å². The van der Waals surface area contributed by atoms with Crippen LogP contribution in [0.1, 0.15) is 18.3 Å². The summed E-state index contributed by atoms with van der Waals surface area (Å²) in [5, 5.41) is 14.3. The topological polar surface area (TPSA) is 97.6 Å². The highest BCUT2D eigenvalue weighted by Crippen LogP contribution is 2.38. The number of H-pyrrole nitrogens is 1. The zero-order chi connectivity index (χ0) is 21.8. The van der Waals surface area contributed by atoms with E-state index in [2.05, 4.69) is 24.9 Å². The molecule has 162 valence electrons. The molecule has 1 saturated heterocycles. The predicted molar refractivity (Wildman–Crippen MR) is 107 cm³/mol. The number of nitrogens with zero attached hydrogens (tertiary/aromatic N) is 7. The summed E-state index contributed by atoms with van der Waals surface area (Å²) >= 11 is 1.06. The van der Waals surface area contributed by atoms with E-state index in [1.54, 1.807) is 6.07 Å². The van der Waals surface area contributed by atoms with Gasteiger partial charge in [0.2, 0.25) is 0 Å². The van der Waals surface area contributed by atoms with E-state index in [-0.39, 0.29) is 11.7 Å². The molecular weight excluding hydrogens is 433 g/mol. The van der Waals surface area contributed by atoms with Crippen LogP contribution >= 0.6 is 11.5 Å². The van der Waals surface area contributed by atoms with E-state index in [4.69, 9.17) is 9.72 Å². The van der Waals surface area contributed by atoms with Crippen LogP contribution < -0.4 is 4.90 Å². The van der Waals surface area contributed by atoms with Gasteiger partial charge < -0.3 is 9.64 Å². The molecule has 1 N–H and O–H groups in total. The molecule has 0 amide bonds. The minimum atomic E-state index is -4.61. The largest absolute Gasteiger partial charge is 0.435 e. The van der Waals surface area contributed by atoms with Gasteiger partial charge in [-0.15, -0.1) is 5.10 Å². The van der Waals surface area contributed by atoms with Crippen molar-refractivity contribution in [2.24, 2.45) is 0 Å². The summed E-state index contributed by atoms with van der Waals surface area (Å²) in [5.41, 5.74) is 1.67. The molecule has 4 aromatic rings. The van der Waals surface area contributed by atoms with Crippen LogP contribution in [0.3, 0.4) is 0 Å². The van der Waals surface area contributed by atoms with E-state index < -0.39 is 11.9 Å². The SMILES string of the molecule is Cc1cc(-c2nsc3c(-n4nncc4C(F)(F)F)cc(N4CCOC[C@H]4C)nc23)[nH]n1. The predicted octanol–water partition coefficient (Wildman–Crippen LogP) is 3.21. The zero-order valence-corrected chi connectivity index (χ0v) is 17.3. The van der Waals surface area contributed by atoms with Crippen molar-refractivity contribution in [1.82, 2.24) is 34.5 Å². The first kappa shape index (κ1) is 19.9. The molecule has 0 radical (unpaired) electrons. The van der Waals surface area contributed by atoms with Crippen LogP contribution in [0.4, 0.5) is 19.0 Å². The van der Waals surface area contributed by atoms with Gasteiger partial charge in [-0.25, -0.2) is 9.67 Å². The van der Waals surface area contributed by atoms with E-state index in [1.807, 2.05) is 24.8 Å². The number of fused-ring (bicyclic) bond motifs is 1. The lowest BCUT2D eigenvalue weighted by Gasteiger charge is -2.34. The van der Waals surface area contributed by atoms with Gasteiger partial charge in [-0.05, 0) is 31.4 Å². The number of ether oxygens (including phenoxy) is 1. The maximum Gasteiger partial charge on any atom is 0.435 e. The standard InChI is InChI=1S/C18H17F3N8OS/c1-9-5-11(25-24-9)15-16-17(31-26-15)12(29-13(7-22-27-29)18(19,20)21)6-14(23-16)28-3-4-30-8-10(28)2/h5-7,10H,3-4,8H2,1-2H3,(H,24,25)/t10-/m1/s1. The van der Waals surface area contributed by atoms with E-state index in [0.29, 0.717) is 53.4 Å². The number of nitrogens with one attached hydrogen (secondary N) is 1. The molecule has 1 aliphatic heterocycles. The molecule has 31 heavy (non-hydrogen) atoms. The summed E-state index contributed by atoms with van der Waals surface area (Å²) in [5.74, 6) is 0.527. The number of halogens is 3. The number of hydrogen-bond donors (Lipinski definition) is 1. The Labute approximate surface area is 178 Å². The molecule has 0 aliphatic carbocycles. The Morgan fingerprint density at radius 3 is 2.84 bits per heavy atom. The lowest BCUT2D eigenvalue weighted by Crippen LogP contribution is -2.44. The quantitative estimate of drug-likeness (QED) is 0.512. The normalized spacial score (nSPS) is 17.6. The fourth-order valence-corrected chi connectivity index (χ4v) is 4.42. The molecule has 4 aromatic heterocycles.